The van der Waals surface area contributed by atoms with Gasteiger partial charge in [0.25, 0.3) is 0 Å². The summed E-state index contributed by atoms with van der Waals surface area (Å²) in [5.41, 5.74) is 0.991. The third-order valence-corrected chi connectivity index (χ3v) is 5.32. The summed E-state index contributed by atoms with van der Waals surface area (Å²) in [6, 6.07) is 1.89. The Morgan fingerprint density at radius 1 is 1.33 bits per heavy atom. The van der Waals surface area contributed by atoms with Crippen molar-refractivity contribution in [1.29, 1.82) is 0 Å². The molecule has 2 aliphatic heterocycles. The van der Waals surface area contributed by atoms with Gasteiger partial charge in [0.2, 0.25) is 0 Å². The van der Waals surface area contributed by atoms with E-state index in [0.29, 0.717) is 11.1 Å². The standard InChI is InChI=1S/C17H23ClN4O2/c1-11-9-21(10-14(11)23-2)17-12-8-19-15(18)7-13(12)22(20-17)16-5-3-4-6-24-16/h7-8,11,14,16H,3-6,9-10H2,1-2H3. The molecule has 4 rings (SSSR count). The van der Waals surface area contributed by atoms with E-state index in [1.807, 2.05) is 16.9 Å². The zero-order valence-corrected chi connectivity index (χ0v) is 14.9. The topological polar surface area (TPSA) is 52.4 Å². The van der Waals surface area contributed by atoms with Gasteiger partial charge in [0, 0.05) is 45.0 Å². The molecule has 2 aliphatic rings. The Bertz CT molecular complexity index is 729. The smallest absolute Gasteiger partial charge is 0.160 e. The Morgan fingerprint density at radius 3 is 2.92 bits per heavy atom. The number of aromatic nitrogens is 3. The molecule has 2 aromatic heterocycles. The SMILES string of the molecule is COC1CN(c2nn(C3CCCCO3)c3cc(Cl)ncc23)CC1C. The summed E-state index contributed by atoms with van der Waals surface area (Å²) in [6.45, 7) is 4.77. The molecule has 0 amide bonds. The van der Waals surface area contributed by atoms with Crippen LogP contribution in [0.3, 0.4) is 0 Å². The summed E-state index contributed by atoms with van der Waals surface area (Å²) in [5.74, 6) is 1.43. The number of nitrogens with zero attached hydrogens (tertiary/aromatic N) is 4. The minimum absolute atomic E-state index is 0.0216. The van der Waals surface area contributed by atoms with E-state index in [0.717, 1.165) is 55.7 Å². The lowest BCUT2D eigenvalue weighted by Gasteiger charge is -2.23. The minimum Gasteiger partial charge on any atom is -0.379 e. The monoisotopic (exact) mass is 350 g/mol. The van der Waals surface area contributed by atoms with E-state index in [1.54, 1.807) is 7.11 Å². The van der Waals surface area contributed by atoms with E-state index < -0.39 is 0 Å². The van der Waals surface area contributed by atoms with Gasteiger partial charge in [-0.05, 0) is 19.3 Å². The molecule has 2 fully saturated rings. The van der Waals surface area contributed by atoms with Gasteiger partial charge in [-0.2, -0.15) is 5.10 Å². The largest absolute Gasteiger partial charge is 0.379 e. The van der Waals surface area contributed by atoms with Crippen molar-refractivity contribution in [2.45, 2.75) is 38.5 Å². The average Bonchev–Trinajstić information content (AvgIpc) is 3.15. The van der Waals surface area contributed by atoms with Crippen molar-refractivity contribution in [2.24, 2.45) is 5.92 Å². The number of halogens is 1. The number of anilines is 1. The predicted octanol–water partition coefficient (Wildman–Crippen LogP) is 3.25. The molecule has 0 radical (unpaired) electrons. The van der Waals surface area contributed by atoms with Crippen molar-refractivity contribution < 1.29 is 9.47 Å². The van der Waals surface area contributed by atoms with Crippen molar-refractivity contribution in [1.82, 2.24) is 14.8 Å². The van der Waals surface area contributed by atoms with E-state index in [1.165, 1.54) is 0 Å². The van der Waals surface area contributed by atoms with Crippen molar-refractivity contribution in [2.75, 3.05) is 31.7 Å². The van der Waals surface area contributed by atoms with Crippen molar-refractivity contribution in [3.8, 4) is 0 Å². The third kappa shape index (κ3) is 2.76. The molecule has 130 valence electrons. The van der Waals surface area contributed by atoms with Crippen LogP contribution in [0.2, 0.25) is 5.15 Å². The fourth-order valence-electron chi connectivity index (χ4n) is 3.78. The van der Waals surface area contributed by atoms with E-state index in [-0.39, 0.29) is 12.3 Å². The number of ether oxygens (including phenoxy) is 2. The molecule has 0 saturated carbocycles. The summed E-state index contributed by atoms with van der Waals surface area (Å²) in [4.78, 5) is 6.56. The van der Waals surface area contributed by atoms with Crippen LogP contribution in [-0.4, -0.2) is 47.7 Å². The average molecular weight is 351 g/mol. The summed E-state index contributed by atoms with van der Waals surface area (Å²) in [6.07, 6.45) is 5.29. The second kappa shape index (κ2) is 6.50. The highest BCUT2D eigenvalue weighted by Gasteiger charge is 2.33. The maximum absolute atomic E-state index is 6.14. The summed E-state index contributed by atoms with van der Waals surface area (Å²) in [7, 11) is 1.78. The molecule has 2 aromatic rings. The third-order valence-electron chi connectivity index (χ3n) is 5.11. The van der Waals surface area contributed by atoms with E-state index in [4.69, 9.17) is 26.2 Å². The van der Waals surface area contributed by atoms with Crippen LogP contribution in [0.15, 0.2) is 12.3 Å². The quantitative estimate of drug-likeness (QED) is 0.795. The minimum atomic E-state index is -0.0216. The molecule has 0 aromatic carbocycles. The highest BCUT2D eigenvalue weighted by molar-refractivity contribution is 6.30. The van der Waals surface area contributed by atoms with E-state index in [9.17, 15) is 0 Å². The maximum atomic E-state index is 6.14. The summed E-state index contributed by atoms with van der Waals surface area (Å²) < 4.78 is 13.5. The second-order valence-electron chi connectivity index (χ2n) is 6.77. The van der Waals surface area contributed by atoms with Crippen LogP contribution in [-0.2, 0) is 9.47 Å². The molecule has 0 bridgehead atoms. The molecule has 7 heteroatoms. The van der Waals surface area contributed by atoms with Gasteiger partial charge in [0.1, 0.15) is 5.15 Å². The predicted molar refractivity (Wildman–Crippen MR) is 93.6 cm³/mol. The first kappa shape index (κ1) is 16.1. The first-order valence-corrected chi connectivity index (χ1v) is 8.98. The van der Waals surface area contributed by atoms with Crippen LogP contribution in [0, 0.1) is 5.92 Å². The lowest BCUT2D eigenvalue weighted by Crippen LogP contribution is -2.24. The highest BCUT2D eigenvalue weighted by atomic mass is 35.5. The first-order valence-electron chi connectivity index (χ1n) is 8.60. The molecular formula is C17H23ClN4O2. The van der Waals surface area contributed by atoms with Gasteiger partial charge in [-0.3, -0.25) is 0 Å². The zero-order chi connectivity index (χ0) is 16.7. The van der Waals surface area contributed by atoms with Gasteiger partial charge in [-0.15, -0.1) is 0 Å². The summed E-state index contributed by atoms with van der Waals surface area (Å²) in [5, 5.41) is 6.41. The summed E-state index contributed by atoms with van der Waals surface area (Å²) >= 11 is 6.14. The Labute approximate surface area is 146 Å². The Kier molecular flexibility index (Phi) is 4.37. The van der Waals surface area contributed by atoms with Crippen LogP contribution < -0.4 is 4.90 Å². The first-order chi connectivity index (χ1) is 11.7. The molecule has 3 atom stereocenters. The van der Waals surface area contributed by atoms with Crippen LogP contribution >= 0.6 is 11.6 Å². The van der Waals surface area contributed by atoms with Crippen LogP contribution in [0.1, 0.15) is 32.4 Å². The number of pyridine rings is 1. The number of hydrogen-bond acceptors (Lipinski definition) is 5. The zero-order valence-electron chi connectivity index (χ0n) is 14.1. The van der Waals surface area contributed by atoms with Gasteiger partial charge >= 0.3 is 0 Å². The normalized spacial score (nSPS) is 28.0. The lowest BCUT2D eigenvalue weighted by molar-refractivity contribution is -0.0365. The number of rotatable bonds is 3. The molecule has 6 nitrogen and oxygen atoms in total. The molecule has 3 unspecified atom stereocenters. The van der Waals surface area contributed by atoms with Gasteiger partial charge in [0.05, 0.1) is 17.0 Å². The molecule has 0 spiro atoms. The van der Waals surface area contributed by atoms with E-state index in [2.05, 4.69) is 16.8 Å². The van der Waals surface area contributed by atoms with Gasteiger partial charge in [-0.25, -0.2) is 9.67 Å². The lowest BCUT2D eigenvalue weighted by atomic mass is 10.1. The van der Waals surface area contributed by atoms with Gasteiger partial charge < -0.3 is 14.4 Å². The van der Waals surface area contributed by atoms with Crippen molar-refractivity contribution in [3.63, 3.8) is 0 Å². The molecular weight excluding hydrogens is 328 g/mol. The molecule has 24 heavy (non-hydrogen) atoms. The molecule has 0 aliphatic carbocycles. The Morgan fingerprint density at radius 2 is 2.21 bits per heavy atom. The fourth-order valence-corrected chi connectivity index (χ4v) is 3.93. The van der Waals surface area contributed by atoms with Crippen molar-refractivity contribution in [3.05, 3.63) is 17.4 Å². The molecule has 2 saturated heterocycles. The van der Waals surface area contributed by atoms with Crippen LogP contribution in [0.5, 0.6) is 0 Å². The Hall–Kier alpha value is -1.37. The van der Waals surface area contributed by atoms with Crippen LogP contribution in [0.25, 0.3) is 10.9 Å². The van der Waals surface area contributed by atoms with Crippen molar-refractivity contribution >= 4 is 28.3 Å². The fraction of sp³-hybridized carbons (Fsp3) is 0.647. The van der Waals surface area contributed by atoms with E-state index >= 15 is 0 Å². The number of hydrogen-bond donors (Lipinski definition) is 0. The van der Waals surface area contributed by atoms with Gasteiger partial charge in [-0.1, -0.05) is 18.5 Å². The number of fused-ring (bicyclic) bond motifs is 1. The van der Waals surface area contributed by atoms with Crippen LogP contribution in [0.4, 0.5) is 5.82 Å². The highest BCUT2D eigenvalue weighted by Crippen LogP contribution is 2.35. The molecule has 0 N–H and O–H groups in total. The second-order valence-corrected chi connectivity index (χ2v) is 7.16. The molecule has 4 heterocycles. The van der Waals surface area contributed by atoms with Gasteiger partial charge in [0.15, 0.2) is 12.0 Å². The Balaban J connectivity index is 1.76. The maximum Gasteiger partial charge on any atom is 0.160 e. The number of methoxy groups -OCH3 is 1.